The van der Waals surface area contributed by atoms with Gasteiger partial charge in [-0.25, -0.2) is 18.4 Å². The second-order valence-corrected chi connectivity index (χ2v) is 9.16. The van der Waals surface area contributed by atoms with Crippen LogP contribution in [0.2, 0.25) is 5.28 Å². The van der Waals surface area contributed by atoms with Crippen molar-refractivity contribution in [2.24, 2.45) is 0 Å². The number of hydrogen-bond acceptors (Lipinski definition) is 7. The zero-order valence-electron chi connectivity index (χ0n) is 12.1. The summed E-state index contributed by atoms with van der Waals surface area (Å²) < 4.78 is 22.9. The molecule has 8 nitrogen and oxygen atoms in total. The van der Waals surface area contributed by atoms with Gasteiger partial charge in [-0.05, 0) is 24.9 Å². The summed E-state index contributed by atoms with van der Waals surface area (Å²) in [6.45, 7) is 1.72. The van der Waals surface area contributed by atoms with Gasteiger partial charge in [-0.3, -0.25) is 4.79 Å². The Balaban J connectivity index is 1.69. The van der Waals surface area contributed by atoms with Gasteiger partial charge in [-0.2, -0.15) is 4.98 Å². The largest absolute Gasteiger partial charge is 0.351 e. The van der Waals surface area contributed by atoms with Crippen LogP contribution >= 0.6 is 23.4 Å². The minimum atomic E-state index is -3.03. The quantitative estimate of drug-likeness (QED) is 0.460. The van der Waals surface area contributed by atoms with Crippen LogP contribution in [0.4, 0.5) is 0 Å². The average Bonchev–Trinajstić information content (AvgIpc) is 3.04. The van der Waals surface area contributed by atoms with Crippen LogP contribution in [-0.2, 0) is 14.6 Å². The second kappa shape index (κ2) is 6.25. The Morgan fingerprint density at radius 3 is 3.00 bits per heavy atom. The van der Waals surface area contributed by atoms with Crippen LogP contribution in [0.5, 0.6) is 0 Å². The molecule has 3 heterocycles. The van der Waals surface area contributed by atoms with E-state index < -0.39 is 15.1 Å². The predicted octanol–water partition coefficient (Wildman–Crippen LogP) is 0.790. The molecule has 11 heteroatoms. The summed E-state index contributed by atoms with van der Waals surface area (Å²) in [5.74, 6) is -0.116. The van der Waals surface area contributed by atoms with Gasteiger partial charge in [0, 0.05) is 6.04 Å². The van der Waals surface area contributed by atoms with Gasteiger partial charge in [0.25, 0.3) is 0 Å². The molecule has 0 aromatic carbocycles. The van der Waals surface area contributed by atoms with E-state index in [0.717, 1.165) is 0 Å². The minimum absolute atomic E-state index is 0.000253. The van der Waals surface area contributed by atoms with Crippen LogP contribution in [0.25, 0.3) is 11.2 Å². The van der Waals surface area contributed by atoms with E-state index >= 15 is 0 Å². The lowest BCUT2D eigenvalue weighted by Gasteiger charge is -2.15. The van der Waals surface area contributed by atoms with E-state index in [4.69, 9.17) is 11.6 Å². The van der Waals surface area contributed by atoms with Crippen LogP contribution in [0.3, 0.4) is 0 Å². The van der Waals surface area contributed by atoms with Crippen molar-refractivity contribution in [2.75, 3.05) is 11.5 Å². The molecule has 1 aliphatic heterocycles. The molecule has 0 unspecified atom stereocenters. The van der Waals surface area contributed by atoms with E-state index in [1.54, 1.807) is 6.92 Å². The normalized spacial score (nSPS) is 21.4. The van der Waals surface area contributed by atoms with E-state index in [-0.39, 0.29) is 28.7 Å². The summed E-state index contributed by atoms with van der Waals surface area (Å²) >= 11 is 7.07. The van der Waals surface area contributed by atoms with Crippen molar-refractivity contribution in [2.45, 2.75) is 29.7 Å². The van der Waals surface area contributed by atoms with Crippen molar-refractivity contribution >= 4 is 50.3 Å². The number of aromatic nitrogens is 4. The van der Waals surface area contributed by atoms with Gasteiger partial charge in [0.05, 0.1) is 23.1 Å². The first-order valence-corrected chi connectivity index (χ1v) is 9.96. The first-order chi connectivity index (χ1) is 10.8. The number of rotatable bonds is 4. The SMILES string of the molecule is C[C@@H](Sc1nc(Cl)nc2nc[nH]c12)C(=O)N[C@@H]1CCS(=O)(=O)C1. The fourth-order valence-corrected chi connectivity index (χ4v) is 5.12. The number of carbonyl (C=O) groups is 1. The van der Waals surface area contributed by atoms with E-state index in [0.29, 0.717) is 22.6 Å². The van der Waals surface area contributed by atoms with E-state index in [2.05, 4.69) is 25.3 Å². The number of nitrogens with one attached hydrogen (secondary N) is 2. The van der Waals surface area contributed by atoms with Gasteiger partial charge in [0.1, 0.15) is 10.5 Å². The molecule has 0 radical (unpaired) electrons. The van der Waals surface area contributed by atoms with E-state index in [9.17, 15) is 13.2 Å². The molecule has 0 bridgehead atoms. The van der Waals surface area contributed by atoms with Crippen molar-refractivity contribution < 1.29 is 13.2 Å². The highest BCUT2D eigenvalue weighted by Crippen LogP contribution is 2.28. The molecule has 0 aliphatic carbocycles. The fraction of sp³-hybridized carbons (Fsp3) is 0.500. The first kappa shape index (κ1) is 16.5. The molecular formula is C12H14ClN5O3S2. The molecule has 0 saturated carbocycles. The van der Waals surface area contributed by atoms with Gasteiger partial charge >= 0.3 is 0 Å². The number of aromatic amines is 1. The molecule has 2 aromatic rings. The van der Waals surface area contributed by atoms with Crippen molar-refractivity contribution in [1.29, 1.82) is 0 Å². The summed E-state index contributed by atoms with van der Waals surface area (Å²) in [4.78, 5) is 27.3. The second-order valence-electron chi connectivity index (χ2n) is 5.27. The number of H-pyrrole nitrogens is 1. The number of carbonyl (C=O) groups excluding carboxylic acids is 1. The van der Waals surface area contributed by atoms with Crippen LogP contribution in [-0.4, -0.2) is 57.1 Å². The number of halogens is 1. The Morgan fingerprint density at radius 1 is 1.52 bits per heavy atom. The standard InChI is InChI=1S/C12H14ClN5O3S2/c1-6(10(19)16-7-2-3-23(20,21)4-7)22-11-8-9(15-5-14-8)17-12(13)18-11/h5-7H,2-4H2,1H3,(H,16,19)(H,14,15,17,18)/t6-,7-/m1/s1. The lowest BCUT2D eigenvalue weighted by atomic mass is 10.2. The summed E-state index contributed by atoms with van der Waals surface area (Å²) in [6.07, 6.45) is 1.93. The van der Waals surface area contributed by atoms with Crippen molar-refractivity contribution in [1.82, 2.24) is 25.3 Å². The van der Waals surface area contributed by atoms with E-state index in [1.165, 1.54) is 18.1 Å². The topological polar surface area (TPSA) is 118 Å². The van der Waals surface area contributed by atoms with Crippen molar-refractivity contribution in [3.63, 3.8) is 0 Å². The van der Waals surface area contributed by atoms with Gasteiger partial charge in [-0.1, -0.05) is 11.8 Å². The van der Waals surface area contributed by atoms with Crippen molar-refractivity contribution in [3.05, 3.63) is 11.6 Å². The third-order valence-electron chi connectivity index (χ3n) is 3.46. The van der Waals surface area contributed by atoms with Gasteiger partial charge < -0.3 is 10.3 Å². The molecular weight excluding hydrogens is 362 g/mol. The van der Waals surface area contributed by atoms with Crippen LogP contribution in [0.15, 0.2) is 11.4 Å². The summed E-state index contributed by atoms with van der Waals surface area (Å²) in [5, 5.41) is 2.89. The van der Waals surface area contributed by atoms with Crippen LogP contribution in [0, 0.1) is 0 Å². The summed E-state index contributed by atoms with van der Waals surface area (Å²) in [7, 11) is -3.03. The Morgan fingerprint density at radius 2 is 2.30 bits per heavy atom. The lowest BCUT2D eigenvalue weighted by Crippen LogP contribution is -2.39. The Hall–Kier alpha value is -1.39. The summed E-state index contributed by atoms with van der Waals surface area (Å²) in [6, 6.07) is -0.322. The van der Waals surface area contributed by atoms with Crippen LogP contribution in [0.1, 0.15) is 13.3 Å². The minimum Gasteiger partial charge on any atom is -0.351 e. The third kappa shape index (κ3) is 3.75. The molecule has 1 aliphatic rings. The van der Waals surface area contributed by atoms with Crippen LogP contribution < -0.4 is 5.32 Å². The zero-order chi connectivity index (χ0) is 16.6. The molecule has 124 valence electrons. The maximum absolute atomic E-state index is 12.2. The predicted molar refractivity (Wildman–Crippen MR) is 87.2 cm³/mol. The highest BCUT2D eigenvalue weighted by molar-refractivity contribution is 8.00. The smallest absolute Gasteiger partial charge is 0.233 e. The molecule has 23 heavy (non-hydrogen) atoms. The Bertz CT molecular complexity index is 853. The number of thioether (sulfide) groups is 1. The molecule has 1 fully saturated rings. The number of imidazole rings is 1. The molecule has 1 amide bonds. The number of fused-ring (bicyclic) bond motifs is 1. The highest BCUT2D eigenvalue weighted by Gasteiger charge is 2.30. The number of amides is 1. The molecule has 3 rings (SSSR count). The van der Waals surface area contributed by atoms with Gasteiger partial charge in [-0.15, -0.1) is 0 Å². The zero-order valence-corrected chi connectivity index (χ0v) is 14.5. The van der Waals surface area contributed by atoms with E-state index in [1.807, 2.05) is 0 Å². The van der Waals surface area contributed by atoms with Gasteiger partial charge in [0.15, 0.2) is 15.5 Å². The number of hydrogen-bond donors (Lipinski definition) is 2. The lowest BCUT2D eigenvalue weighted by molar-refractivity contribution is -0.120. The van der Waals surface area contributed by atoms with Gasteiger partial charge in [0.2, 0.25) is 11.2 Å². The maximum atomic E-state index is 12.2. The monoisotopic (exact) mass is 375 g/mol. The fourth-order valence-electron chi connectivity index (χ4n) is 2.31. The molecule has 0 spiro atoms. The number of nitrogens with zero attached hydrogens (tertiary/aromatic N) is 3. The Kier molecular flexibility index (Phi) is 4.47. The summed E-state index contributed by atoms with van der Waals surface area (Å²) in [5.41, 5.74) is 1.05. The molecule has 2 N–H and O–H groups in total. The Labute approximate surface area is 141 Å². The average molecular weight is 376 g/mol. The highest BCUT2D eigenvalue weighted by atomic mass is 35.5. The maximum Gasteiger partial charge on any atom is 0.233 e. The molecule has 1 saturated heterocycles. The van der Waals surface area contributed by atoms with Crippen molar-refractivity contribution in [3.8, 4) is 0 Å². The molecule has 2 atom stereocenters. The third-order valence-corrected chi connectivity index (χ3v) is 6.48. The first-order valence-electron chi connectivity index (χ1n) is 6.88. The number of sulfone groups is 1. The molecule has 2 aromatic heterocycles.